The molecule has 2 nitrogen and oxygen atoms in total. The summed E-state index contributed by atoms with van der Waals surface area (Å²) in [5.74, 6) is 0. The van der Waals surface area contributed by atoms with Crippen molar-refractivity contribution in [1.29, 1.82) is 0 Å². The fourth-order valence-corrected chi connectivity index (χ4v) is 12.6. The number of allylic oxidation sites excluding steroid dienone is 3. The zero-order valence-electron chi connectivity index (χ0n) is 31.5. The van der Waals surface area contributed by atoms with Gasteiger partial charge in [0.05, 0.1) is 17.1 Å². The average molecular weight is 749 g/mol. The van der Waals surface area contributed by atoms with Crippen LogP contribution in [0.4, 0.5) is 34.1 Å². The third kappa shape index (κ3) is 6.12. The van der Waals surface area contributed by atoms with Gasteiger partial charge < -0.3 is 9.80 Å². The number of anilines is 6. The highest BCUT2D eigenvalue weighted by atomic mass is 32.3. The van der Waals surface area contributed by atoms with E-state index in [4.69, 9.17) is 0 Å². The average Bonchev–Trinajstić information content (AvgIpc) is 3.30. The highest BCUT2D eigenvalue weighted by molar-refractivity contribution is 8.37. The Bertz CT molecular complexity index is 2620. The van der Waals surface area contributed by atoms with Crippen molar-refractivity contribution >= 4 is 44.2 Å². The summed E-state index contributed by atoms with van der Waals surface area (Å²) >= 11 is 0. The van der Waals surface area contributed by atoms with E-state index >= 15 is 0 Å². The van der Waals surface area contributed by atoms with E-state index in [0.717, 1.165) is 46.7 Å². The molecule has 10 rings (SSSR count). The zero-order valence-corrected chi connectivity index (χ0v) is 32.3. The number of benzene rings is 7. The molecule has 0 aromatic heterocycles. The van der Waals surface area contributed by atoms with Crippen LogP contribution in [-0.4, -0.2) is 0 Å². The van der Waals surface area contributed by atoms with Crippen molar-refractivity contribution in [2.45, 2.75) is 27.5 Å². The maximum absolute atomic E-state index is 3.60. The van der Waals surface area contributed by atoms with E-state index < -0.39 is 10.0 Å². The van der Waals surface area contributed by atoms with E-state index in [2.05, 4.69) is 234 Å². The lowest BCUT2D eigenvalue weighted by Crippen LogP contribution is -2.23. The second-order valence-electron chi connectivity index (χ2n) is 14.3. The SMILES string of the molecule is c1c(-c2ccccc2)ccc(N(c2ccc(-c3ccccc3)cc2)c2ccc3c(c2)S(C2=CCCC=C2)(c2ccccc2)c2ccccc2N3c2ccccc2)c#1. The highest BCUT2D eigenvalue weighted by Crippen LogP contribution is 2.80. The molecule has 0 amide bonds. The molecule has 0 spiro atoms. The quantitative estimate of drug-likeness (QED) is 0.153. The minimum absolute atomic E-state index is 0.926. The summed E-state index contributed by atoms with van der Waals surface area (Å²) in [6.45, 7) is 0. The molecule has 8 aromatic carbocycles. The molecular weight excluding hydrogens is 709 g/mol. The normalized spacial score (nSPS) is 16.6. The van der Waals surface area contributed by atoms with Crippen molar-refractivity contribution in [3.63, 3.8) is 0 Å². The molecule has 1 unspecified atom stereocenters. The van der Waals surface area contributed by atoms with Crippen molar-refractivity contribution in [2.24, 2.45) is 0 Å². The maximum Gasteiger partial charge on any atom is 0.0973 e. The summed E-state index contributed by atoms with van der Waals surface area (Å²) in [6, 6.07) is 79.6. The van der Waals surface area contributed by atoms with Crippen molar-refractivity contribution in [3.05, 3.63) is 235 Å². The number of hydrogen-bond donors (Lipinski definition) is 0. The Balaban J connectivity index is 1.23. The van der Waals surface area contributed by atoms with Gasteiger partial charge in [-0.25, -0.2) is 0 Å². The Hall–Kier alpha value is -6.99. The van der Waals surface area contributed by atoms with Crippen LogP contribution in [0.5, 0.6) is 0 Å². The van der Waals surface area contributed by atoms with Crippen LogP contribution >= 0.6 is 10.0 Å². The van der Waals surface area contributed by atoms with Crippen LogP contribution < -0.4 is 9.80 Å². The first-order valence-corrected chi connectivity index (χ1v) is 21.2. The van der Waals surface area contributed by atoms with Crippen LogP contribution in [0.25, 0.3) is 22.3 Å². The van der Waals surface area contributed by atoms with Gasteiger partial charge in [0.15, 0.2) is 0 Å². The number of rotatable bonds is 8. The van der Waals surface area contributed by atoms with E-state index in [0.29, 0.717) is 0 Å². The van der Waals surface area contributed by atoms with Gasteiger partial charge in [-0.1, -0.05) is 146 Å². The van der Waals surface area contributed by atoms with E-state index in [-0.39, 0.29) is 0 Å². The monoisotopic (exact) mass is 748 g/mol. The second-order valence-corrected chi connectivity index (χ2v) is 17.3. The van der Waals surface area contributed by atoms with Gasteiger partial charge in [0.2, 0.25) is 0 Å². The number of para-hydroxylation sites is 2. The minimum Gasteiger partial charge on any atom is -0.308 e. The van der Waals surface area contributed by atoms with Crippen molar-refractivity contribution in [1.82, 2.24) is 0 Å². The molecular formula is C54H40N2S. The third-order valence-electron chi connectivity index (χ3n) is 10.9. The molecule has 1 heterocycles. The molecule has 0 fully saturated rings. The van der Waals surface area contributed by atoms with E-state index in [1.165, 1.54) is 42.1 Å². The molecule has 1 aliphatic carbocycles. The maximum atomic E-state index is 3.60. The predicted octanol–water partition coefficient (Wildman–Crippen LogP) is 15.4. The summed E-state index contributed by atoms with van der Waals surface area (Å²) in [6.07, 6.45) is 9.34. The fraction of sp³-hybridized carbons (Fsp3) is 0.0370. The van der Waals surface area contributed by atoms with E-state index in [1.807, 2.05) is 6.07 Å². The number of fused-ring (bicyclic) bond motifs is 2. The van der Waals surface area contributed by atoms with Gasteiger partial charge >= 0.3 is 0 Å². The Labute approximate surface area is 337 Å². The standard InChI is InChI=1S/C54H40N2S/c1-6-18-41(19-7-1)43-30-34-46(35-31-43)55(47-36-32-44(33-37-47)42-20-8-2-9-21-42)48-38-39-52-54(40-48)57(49-24-12-4-13-25-49,50-26-14-5-15-27-50)53-29-17-16-28-51(53)56(52)45-22-10-3-11-23-45/h1-4,6-14,16-32,34-36,38-40H,5,15H2. The molecule has 272 valence electrons. The van der Waals surface area contributed by atoms with Crippen LogP contribution in [0.15, 0.2) is 238 Å². The minimum atomic E-state index is -1.96. The Morgan fingerprint density at radius 2 is 1.09 bits per heavy atom. The Morgan fingerprint density at radius 1 is 0.474 bits per heavy atom. The van der Waals surface area contributed by atoms with Gasteiger partial charge in [-0.15, -0.1) is 10.0 Å². The molecule has 1 aliphatic heterocycles. The van der Waals surface area contributed by atoms with E-state index in [9.17, 15) is 0 Å². The topological polar surface area (TPSA) is 6.48 Å². The second kappa shape index (κ2) is 14.9. The van der Waals surface area contributed by atoms with Crippen LogP contribution in [0, 0.1) is 12.1 Å². The molecule has 1 atom stereocenters. The molecule has 3 heteroatoms. The first kappa shape index (κ1) is 34.5. The number of nitrogens with zero attached hydrogens (tertiary/aromatic N) is 2. The van der Waals surface area contributed by atoms with Crippen LogP contribution in [-0.2, 0) is 0 Å². The van der Waals surface area contributed by atoms with Crippen molar-refractivity contribution in [2.75, 3.05) is 9.80 Å². The van der Waals surface area contributed by atoms with Crippen LogP contribution in [0.2, 0.25) is 0 Å². The van der Waals surface area contributed by atoms with Gasteiger partial charge in [0.25, 0.3) is 0 Å². The molecule has 0 saturated heterocycles. The summed E-state index contributed by atoms with van der Waals surface area (Å²) in [5, 5.41) is 0. The number of hydrogen-bond acceptors (Lipinski definition) is 2. The van der Waals surface area contributed by atoms with Crippen LogP contribution in [0.3, 0.4) is 0 Å². The summed E-state index contributed by atoms with van der Waals surface area (Å²) < 4.78 is 0. The zero-order chi connectivity index (χ0) is 38.0. The largest absolute Gasteiger partial charge is 0.308 e. The summed E-state index contributed by atoms with van der Waals surface area (Å²) in [4.78, 5) is 10.2. The molecule has 0 N–H and O–H groups in total. The van der Waals surface area contributed by atoms with Gasteiger partial charge in [-0.2, -0.15) is 0 Å². The Morgan fingerprint density at radius 3 is 1.77 bits per heavy atom. The highest BCUT2D eigenvalue weighted by Gasteiger charge is 2.43. The summed E-state index contributed by atoms with van der Waals surface area (Å²) in [7, 11) is -1.96. The lowest BCUT2D eigenvalue weighted by molar-refractivity contribution is 1.03. The van der Waals surface area contributed by atoms with Crippen LogP contribution in [0.1, 0.15) is 12.8 Å². The van der Waals surface area contributed by atoms with Crippen molar-refractivity contribution < 1.29 is 0 Å². The first-order valence-electron chi connectivity index (χ1n) is 19.6. The molecule has 0 bridgehead atoms. The molecule has 8 aromatic rings. The van der Waals surface area contributed by atoms with Gasteiger partial charge in [0.1, 0.15) is 0 Å². The smallest absolute Gasteiger partial charge is 0.0973 e. The van der Waals surface area contributed by atoms with Gasteiger partial charge in [-0.3, -0.25) is 0 Å². The predicted molar refractivity (Wildman–Crippen MR) is 240 cm³/mol. The van der Waals surface area contributed by atoms with Gasteiger partial charge in [0, 0.05) is 37.3 Å². The van der Waals surface area contributed by atoms with Gasteiger partial charge in [-0.05, 0) is 119 Å². The Kier molecular flexibility index (Phi) is 9.03. The lowest BCUT2D eigenvalue weighted by Gasteiger charge is -2.51. The summed E-state index contributed by atoms with van der Waals surface area (Å²) in [5.41, 5.74) is 11.1. The molecule has 57 heavy (non-hydrogen) atoms. The third-order valence-corrected chi connectivity index (χ3v) is 14.9. The first-order chi connectivity index (χ1) is 28.3. The lowest BCUT2D eigenvalue weighted by atomic mass is 10.0. The molecule has 0 saturated carbocycles. The molecule has 0 radical (unpaired) electrons. The van der Waals surface area contributed by atoms with Crippen molar-refractivity contribution in [3.8, 4) is 22.3 Å². The molecule has 2 aliphatic rings. The fourth-order valence-electron chi connectivity index (χ4n) is 8.32. The van der Waals surface area contributed by atoms with E-state index in [1.54, 1.807) is 0 Å².